The molecule has 0 fully saturated rings. The maximum absolute atomic E-state index is 12.8. The van der Waals surface area contributed by atoms with Crippen molar-refractivity contribution >= 4 is 54.6 Å². The molecule has 29 heavy (non-hydrogen) atoms. The number of carbonyl (C=O) groups is 1. The van der Waals surface area contributed by atoms with E-state index in [1.807, 2.05) is 6.92 Å². The van der Waals surface area contributed by atoms with E-state index in [1.54, 1.807) is 17.0 Å². The third-order valence-electron chi connectivity index (χ3n) is 4.43. The van der Waals surface area contributed by atoms with Crippen LogP contribution < -0.4 is 14.3 Å². The molecule has 1 unspecified atom stereocenters. The summed E-state index contributed by atoms with van der Waals surface area (Å²) < 4.78 is 52.9. The van der Waals surface area contributed by atoms with Gasteiger partial charge in [0.1, 0.15) is 0 Å². The largest absolute Gasteiger partial charge is 0.309 e. The van der Waals surface area contributed by atoms with E-state index in [9.17, 15) is 21.6 Å². The van der Waals surface area contributed by atoms with Crippen LogP contribution in [-0.4, -0.2) is 35.0 Å². The number of carbonyl (C=O) groups excluding carboxylic acids is 1. The first kappa shape index (κ1) is 21.4. The summed E-state index contributed by atoms with van der Waals surface area (Å²) in [5.74, 6) is -0.0950. The standard InChI is InChI=1S/C18H20ClN3O5S2/c1-11-8-13-9-15(5-7-18(13)22(11)12(2)23)29(26,27)20-14-4-6-17(16(19)10-14)21-28(3,24)25/h4-7,9-11,20-21H,8H2,1-3H3. The maximum Gasteiger partial charge on any atom is 0.261 e. The number of nitrogens with one attached hydrogen (secondary N) is 2. The molecule has 2 N–H and O–H groups in total. The van der Waals surface area contributed by atoms with Crippen LogP contribution in [0.1, 0.15) is 19.4 Å². The molecule has 0 bridgehead atoms. The number of benzene rings is 2. The molecule has 1 atom stereocenters. The number of fused-ring (bicyclic) bond motifs is 1. The van der Waals surface area contributed by atoms with Gasteiger partial charge in [-0.3, -0.25) is 14.2 Å². The third kappa shape index (κ3) is 4.65. The van der Waals surface area contributed by atoms with Crippen LogP contribution in [0.15, 0.2) is 41.3 Å². The Balaban J connectivity index is 1.87. The van der Waals surface area contributed by atoms with Crippen LogP contribution in [0.3, 0.4) is 0 Å². The normalized spacial score (nSPS) is 16.4. The number of hydrogen-bond acceptors (Lipinski definition) is 5. The molecule has 8 nitrogen and oxygen atoms in total. The fraction of sp³-hybridized carbons (Fsp3) is 0.278. The number of amides is 1. The summed E-state index contributed by atoms with van der Waals surface area (Å²) in [5.41, 5.74) is 1.82. The summed E-state index contributed by atoms with van der Waals surface area (Å²) >= 11 is 6.05. The Morgan fingerprint density at radius 2 is 1.79 bits per heavy atom. The predicted octanol–water partition coefficient (Wildman–Crippen LogP) is 2.81. The van der Waals surface area contributed by atoms with Gasteiger partial charge in [0.05, 0.1) is 27.5 Å². The van der Waals surface area contributed by atoms with Crippen molar-refractivity contribution in [1.29, 1.82) is 0 Å². The zero-order valence-electron chi connectivity index (χ0n) is 15.9. The van der Waals surface area contributed by atoms with Gasteiger partial charge in [0.15, 0.2) is 0 Å². The molecule has 2 aromatic carbocycles. The lowest BCUT2D eigenvalue weighted by atomic mass is 10.1. The molecule has 2 aromatic rings. The van der Waals surface area contributed by atoms with Gasteiger partial charge in [-0.25, -0.2) is 16.8 Å². The minimum Gasteiger partial charge on any atom is -0.309 e. The fourth-order valence-electron chi connectivity index (χ4n) is 3.33. The Kier molecular flexibility index (Phi) is 5.54. The molecular weight excluding hydrogens is 438 g/mol. The number of hydrogen-bond donors (Lipinski definition) is 2. The van der Waals surface area contributed by atoms with Crippen LogP contribution in [0.2, 0.25) is 5.02 Å². The first-order chi connectivity index (χ1) is 13.4. The third-order valence-corrected chi connectivity index (χ3v) is 6.72. The lowest BCUT2D eigenvalue weighted by Crippen LogP contribution is -2.33. The molecule has 1 heterocycles. The van der Waals surface area contributed by atoms with Crippen LogP contribution in [-0.2, 0) is 31.3 Å². The average Bonchev–Trinajstić information content (AvgIpc) is 2.91. The first-order valence-electron chi connectivity index (χ1n) is 8.60. The second kappa shape index (κ2) is 7.51. The van der Waals surface area contributed by atoms with Crippen LogP contribution in [0.25, 0.3) is 0 Å². The lowest BCUT2D eigenvalue weighted by molar-refractivity contribution is -0.116. The highest BCUT2D eigenvalue weighted by atomic mass is 35.5. The van der Waals surface area contributed by atoms with Crippen LogP contribution in [0.4, 0.5) is 17.1 Å². The van der Waals surface area contributed by atoms with E-state index in [1.165, 1.54) is 31.2 Å². The molecular formula is C18H20ClN3O5S2. The molecule has 3 rings (SSSR count). The highest BCUT2D eigenvalue weighted by molar-refractivity contribution is 7.92. The average molecular weight is 458 g/mol. The van der Waals surface area contributed by atoms with Gasteiger partial charge in [-0.1, -0.05) is 11.6 Å². The van der Waals surface area contributed by atoms with Crippen molar-refractivity contribution in [2.24, 2.45) is 0 Å². The van der Waals surface area contributed by atoms with Crippen molar-refractivity contribution in [3.8, 4) is 0 Å². The van der Waals surface area contributed by atoms with Crippen LogP contribution in [0.5, 0.6) is 0 Å². The zero-order chi connectivity index (χ0) is 21.6. The van der Waals surface area contributed by atoms with Crippen molar-refractivity contribution in [3.05, 3.63) is 47.0 Å². The van der Waals surface area contributed by atoms with Gasteiger partial charge in [-0.2, -0.15) is 0 Å². The minimum absolute atomic E-state index is 0.0397. The van der Waals surface area contributed by atoms with Gasteiger partial charge in [0.25, 0.3) is 10.0 Å². The van der Waals surface area contributed by atoms with E-state index in [4.69, 9.17) is 11.6 Å². The smallest absolute Gasteiger partial charge is 0.261 e. The summed E-state index contributed by atoms with van der Waals surface area (Å²) in [4.78, 5) is 13.5. The topological polar surface area (TPSA) is 113 Å². The van der Waals surface area contributed by atoms with Crippen LogP contribution in [0, 0.1) is 0 Å². The Labute approximate surface area is 175 Å². The molecule has 156 valence electrons. The predicted molar refractivity (Wildman–Crippen MR) is 113 cm³/mol. The summed E-state index contributed by atoms with van der Waals surface area (Å²) in [5, 5.41) is 0.0514. The van der Waals surface area contributed by atoms with Crippen molar-refractivity contribution in [3.63, 3.8) is 0 Å². The second-order valence-electron chi connectivity index (χ2n) is 6.91. The Hall–Kier alpha value is -2.30. The molecule has 1 amide bonds. The summed E-state index contributed by atoms with van der Waals surface area (Å²) in [6, 6.07) is 8.68. The van der Waals surface area contributed by atoms with Gasteiger partial charge in [0.2, 0.25) is 15.9 Å². The van der Waals surface area contributed by atoms with E-state index >= 15 is 0 Å². The highest BCUT2D eigenvalue weighted by Gasteiger charge is 2.30. The monoisotopic (exact) mass is 457 g/mol. The molecule has 1 aliphatic heterocycles. The van der Waals surface area contributed by atoms with Crippen LogP contribution >= 0.6 is 11.6 Å². The molecule has 0 aromatic heterocycles. The second-order valence-corrected chi connectivity index (χ2v) is 10.7. The molecule has 0 radical (unpaired) electrons. The molecule has 1 aliphatic rings. The molecule has 0 spiro atoms. The Bertz CT molecular complexity index is 1200. The maximum atomic E-state index is 12.8. The number of anilines is 3. The SMILES string of the molecule is CC(=O)N1c2ccc(S(=O)(=O)Nc3ccc(NS(C)(=O)=O)c(Cl)c3)cc2CC1C. The molecule has 0 saturated carbocycles. The minimum atomic E-state index is -3.91. The van der Waals surface area contributed by atoms with Crippen molar-refractivity contribution in [1.82, 2.24) is 0 Å². The number of halogens is 1. The van der Waals surface area contributed by atoms with Crippen molar-refractivity contribution in [2.45, 2.75) is 31.2 Å². The quantitative estimate of drug-likeness (QED) is 0.716. The summed E-state index contributed by atoms with van der Waals surface area (Å²) in [6.45, 7) is 3.38. The first-order valence-corrected chi connectivity index (χ1v) is 12.4. The van der Waals surface area contributed by atoms with Gasteiger partial charge in [-0.05, 0) is 55.3 Å². The summed E-state index contributed by atoms with van der Waals surface area (Å²) in [7, 11) is -7.42. The van der Waals surface area contributed by atoms with Crippen molar-refractivity contribution in [2.75, 3.05) is 20.6 Å². The number of nitrogens with zero attached hydrogens (tertiary/aromatic N) is 1. The number of sulfonamides is 2. The van der Waals surface area contributed by atoms with Crippen molar-refractivity contribution < 1.29 is 21.6 Å². The molecule has 11 heteroatoms. The number of rotatable bonds is 5. The fourth-order valence-corrected chi connectivity index (χ4v) is 5.29. The molecule has 0 saturated heterocycles. The van der Waals surface area contributed by atoms with E-state index in [2.05, 4.69) is 9.44 Å². The van der Waals surface area contributed by atoms with Gasteiger partial charge in [0, 0.05) is 18.7 Å². The van der Waals surface area contributed by atoms with Gasteiger partial charge >= 0.3 is 0 Å². The summed E-state index contributed by atoms with van der Waals surface area (Å²) in [6.07, 6.45) is 1.55. The van der Waals surface area contributed by atoms with E-state index in [-0.39, 0.29) is 33.2 Å². The molecule has 0 aliphatic carbocycles. The Morgan fingerprint density at radius 1 is 1.10 bits per heavy atom. The lowest BCUT2D eigenvalue weighted by Gasteiger charge is -2.20. The zero-order valence-corrected chi connectivity index (χ0v) is 18.3. The van der Waals surface area contributed by atoms with E-state index in [0.29, 0.717) is 12.1 Å². The van der Waals surface area contributed by atoms with E-state index in [0.717, 1.165) is 11.8 Å². The van der Waals surface area contributed by atoms with E-state index < -0.39 is 20.0 Å². The highest BCUT2D eigenvalue weighted by Crippen LogP contribution is 2.34. The van der Waals surface area contributed by atoms with Gasteiger partial charge in [-0.15, -0.1) is 0 Å². The van der Waals surface area contributed by atoms with Gasteiger partial charge < -0.3 is 4.90 Å². The Morgan fingerprint density at radius 3 is 2.38 bits per heavy atom.